The summed E-state index contributed by atoms with van der Waals surface area (Å²) in [5, 5.41) is 0. The van der Waals surface area contributed by atoms with Crippen molar-refractivity contribution in [3.63, 3.8) is 0 Å². The molecule has 0 spiro atoms. The molecular weight excluding hydrogens is 245 g/mol. The van der Waals surface area contributed by atoms with Gasteiger partial charge in [-0.15, -0.1) is 0 Å². The number of hydrogen-bond donors (Lipinski definition) is 0. The number of nitrogens with zero attached hydrogens (tertiary/aromatic N) is 4. The van der Waals surface area contributed by atoms with Gasteiger partial charge in [0.15, 0.2) is 5.65 Å². The standard InChI is InChI=1S/C11H9F3N4/c12-11(13,14)7-3-6(4-7)8-9-10(18-5-17-8)16-2-1-15-9/h1-2,5-7H,3-4H2/t6-,7-. The van der Waals surface area contributed by atoms with Gasteiger partial charge in [-0.05, 0) is 12.8 Å². The summed E-state index contributed by atoms with van der Waals surface area (Å²) in [6.07, 6.45) is 0.365. The number of hydrogen-bond acceptors (Lipinski definition) is 4. The zero-order valence-electron chi connectivity index (χ0n) is 9.22. The molecule has 2 aromatic heterocycles. The molecule has 0 amide bonds. The molecule has 1 saturated carbocycles. The summed E-state index contributed by atoms with van der Waals surface area (Å²) in [5.74, 6) is -1.41. The van der Waals surface area contributed by atoms with Crippen LogP contribution >= 0.6 is 0 Å². The Balaban J connectivity index is 1.89. The molecule has 7 heteroatoms. The van der Waals surface area contributed by atoms with Crippen molar-refractivity contribution in [2.75, 3.05) is 0 Å². The highest BCUT2D eigenvalue weighted by Gasteiger charge is 2.49. The van der Waals surface area contributed by atoms with Crippen LogP contribution in [0.3, 0.4) is 0 Å². The van der Waals surface area contributed by atoms with Crippen molar-refractivity contribution >= 4 is 11.2 Å². The number of aromatic nitrogens is 4. The van der Waals surface area contributed by atoms with Crippen molar-refractivity contribution in [2.24, 2.45) is 5.92 Å². The lowest BCUT2D eigenvalue weighted by molar-refractivity contribution is -0.197. The molecule has 1 aliphatic rings. The van der Waals surface area contributed by atoms with Crippen molar-refractivity contribution < 1.29 is 13.2 Å². The Morgan fingerprint density at radius 3 is 2.44 bits per heavy atom. The highest BCUT2D eigenvalue weighted by molar-refractivity contribution is 5.72. The van der Waals surface area contributed by atoms with Gasteiger partial charge in [0.25, 0.3) is 0 Å². The van der Waals surface area contributed by atoms with E-state index in [-0.39, 0.29) is 18.8 Å². The number of rotatable bonds is 1. The first-order chi connectivity index (χ1) is 8.55. The van der Waals surface area contributed by atoms with Crippen molar-refractivity contribution in [1.29, 1.82) is 0 Å². The fourth-order valence-corrected chi connectivity index (χ4v) is 2.22. The lowest BCUT2D eigenvalue weighted by Crippen LogP contribution is -2.35. The van der Waals surface area contributed by atoms with Gasteiger partial charge in [-0.1, -0.05) is 0 Å². The van der Waals surface area contributed by atoms with E-state index in [1.54, 1.807) is 0 Å². The van der Waals surface area contributed by atoms with Crippen molar-refractivity contribution in [3.05, 3.63) is 24.4 Å². The van der Waals surface area contributed by atoms with E-state index in [0.29, 0.717) is 16.9 Å². The quantitative estimate of drug-likeness (QED) is 0.784. The van der Waals surface area contributed by atoms with E-state index in [4.69, 9.17) is 0 Å². The summed E-state index contributed by atoms with van der Waals surface area (Å²) in [7, 11) is 0. The van der Waals surface area contributed by atoms with Crippen molar-refractivity contribution in [3.8, 4) is 0 Å². The number of alkyl halides is 3. The minimum atomic E-state index is -4.11. The Hall–Kier alpha value is -1.79. The number of halogens is 3. The van der Waals surface area contributed by atoms with Crippen LogP contribution < -0.4 is 0 Å². The van der Waals surface area contributed by atoms with E-state index in [9.17, 15) is 13.2 Å². The molecule has 0 atom stereocenters. The Morgan fingerprint density at radius 1 is 1.00 bits per heavy atom. The van der Waals surface area contributed by atoms with Crippen LogP contribution in [0.2, 0.25) is 0 Å². The van der Waals surface area contributed by atoms with E-state index in [2.05, 4.69) is 19.9 Å². The van der Waals surface area contributed by atoms with Crippen LogP contribution in [-0.2, 0) is 0 Å². The summed E-state index contributed by atoms with van der Waals surface area (Å²) >= 11 is 0. The highest BCUT2D eigenvalue weighted by Crippen LogP contribution is 2.49. The Labute approximate surface area is 100 Å². The third kappa shape index (κ3) is 1.79. The molecular formula is C11H9F3N4. The Morgan fingerprint density at radius 2 is 1.72 bits per heavy atom. The first-order valence-corrected chi connectivity index (χ1v) is 5.54. The second-order valence-electron chi connectivity index (χ2n) is 4.39. The predicted octanol–water partition coefficient (Wildman–Crippen LogP) is 2.48. The van der Waals surface area contributed by atoms with Crippen LogP contribution in [-0.4, -0.2) is 26.1 Å². The fourth-order valence-electron chi connectivity index (χ4n) is 2.22. The van der Waals surface area contributed by atoms with Gasteiger partial charge in [-0.25, -0.2) is 19.9 Å². The monoisotopic (exact) mass is 254 g/mol. The van der Waals surface area contributed by atoms with Gasteiger partial charge in [0.1, 0.15) is 11.8 Å². The summed E-state index contributed by atoms with van der Waals surface area (Å²) in [5.41, 5.74) is 1.51. The highest BCUT2D eigenvalue weighted by atomic mass is 19.4. The van der Waals surface area contributed by atoms with E-state index in [1.165, 1.54) is 18.7 Å². The lowest BCUT2D eigenvalue weighted by atomic mass is 9.72. The second-order valence-corrected chi connectivity index (χ2v) is 4.39. The molecule has 1 aliphatic carbocycles. The summed E-state index contributed by atoms with van der Waals surface area (Å²) in [6.45, 7) is 0. The first kappa shape index (κ1) is 11.3. The maximum absolute atomic E-state index is 12.4. The second kappa shape index (κ2) is 3.86. The largest absolute Gasteiger partial charge is 0.391 e. The molecule has 0 bridgehead atoms. The van der Waals surface area contributed by atoms with Gasteiger partial charge in [-0.3, -0.25) is 0 Å². The maximum atomic E-state index is 12.4. The summed E-state index contributed by atoms with van der Waals surface area (Å²) < 4.78 is 37.3. The van der Waals surface area contributed by atoms with Gasteiger partial charge < -0.3 is 0 Å². The van der Waals surface area contributed by atoms with Crippen LogP contribution in [0.5, 0.6) is 0 Å². The van der Waals surface area contributed by atoms with Crippen LogP contribution in [0.25, 0.3) is 11.2 Å². The molecule has 94 valence electrons. The molecule has 18 heavy (non-hydrogen) atoms. The average Bonchev–Trinajstić information content (AvgIpc) is 2.25. The molecule has 0 aliphatic heterocycles. The minimum absolute atomic E-state index is 0.0756. The van der Waals surface area contributed by atoms with Gasteiger partial charge in [0, 0.05) is 18.3 Å². The van der Waals surface area contributed by atoms with Crippen LogP contribution in [0.1, 0.15) is 24.5 Å². The fraction of sp³-hybridized carbons (Fsp3) is 0.455. The molecule has 0 N–H and O–H groups in total. The topological polar surface area (TPSA) is 51.6 Å². The van der Waals surface area contributed by atoms with Crippen molar-refractivity contribution in [2.45, 2.75) is 24.9 Å². The van der Waals surface area contributed by atoms with Crippen LogP contribution in [0.4, 0.5) is 13.2 Å². The lowest BCUT2D eigenvalue weighted by Gasteiger charge is -2.36. The van der Waals surface area contributed by atoms with E-state index < -0.39 is 12.1 Å². The van der Waals surface area contributed by atoms with Gasteiger partial charge in [0.2, 0.25) is 0 Å². The minimum Gasteiger partial charge on any atom is -0.249 e. The maximum Gasteiger partial charge on any atom is 0.391 e. The zero-order chi connectivity index (χ0) is 12.8. The van der Waals surface area contributed by atoms with E-state index in [0.717, 1.165) is 0 Å². The number of fused-ring (bicyclic) bond motifs is 1. The Kier molecular flexibility index (Phi) is 2.42. The first-order valence-electron chi connectivity index (χ1n) is 5.54. The molecule has 4 nitrogen and oxygen atoms in total. The molecule has 0 saturated heterocycles. The van der Waals surface area contributed by atoms with Crippen LogP contribution in [0.15, 0.2) is 18.7 Å². The van der Waals surface area contributed by atoms with Gasteiger partial charge >= 0.3 is 6.18 Å². The molecule has 2 aromatic rings. The smallest absolute Gasteiger partial charge is 0.249 e. The molecule has 0 radical (unpaired) electrons. The van der Waals surface area contributed by atoms with E-state index >= 15 is 0 Å². The zero-order valence-corrected chi connectivity index (χ0v) is 9.22. The Bertz CT molecular complexity index is 573. The third-order valence-corrected chi connectivity index (χ3v) is 3.29. The van der Waals surface area contributed by atoms with Gasteiger partial charge in [0.05, 0.1) is 11.6 Å². The van der Waals surface area contributed by atoms with Crippen LogP contribution in [0, 0.1) is 5.92 Å². The average molecular weight is 254 g/mol. The van der Waals surface area contributed by atoms with Crippen molar-refractivity contribution in [1.82, 2.24) is 19.9 Å². The summed E-state index contributed by atoms with van der Waals surface area (Å²) in [6, 6.07) is 0. The molecule has 2 heterocycles. The van der Waals surface area contributed by atoms with Gasteiger partial charge in [-0.2, -0.15) is 13.2 Å². The molecule has 0 aromatic carbocycles. The molecule has 1 fully saturated rings. The molecule has 0 unspecified atom stereocenters. The third-order valence-electron chi connectivity index (χ3n) is 3.29. The predicted molar refractivity (Wildman–Crippen MR) is 56.6 cm³/mol. The molecule has 3 rings (SSSR count). The SMILES string of the molecule is FC(F)(F)[C@H]1C[C@H](c2ncnc3nccnc32)C1. The summed E-state index contributed by atoms with van der Waals surface area (Å²) in [4.78, 5) is 16.1. The normalized spacial score (nSPS) is 23.9. The van der Waals surface area contributed by atoms with E-state index in [1.807, 2.05) is 0 Å².